The van der Waals surface area contributed by atoms with Crippen molar-refractivity contribution in [1.29, 1.82) is 0 Å². The number of carbonyl (C=O) groups is 1. The van der Waals surface area contributed by atoms with Gasteiger partial charge in [-0.25, -0.2) is 0 Å². The fraction of sp³-hybridized carbons (Fsp3) is 0.188. The number of aryl methyl sites for hydroxylation is 1. The summed E-state index contributed by atoms with van der Waals surface area (Å²) in [5.74, 6) is 0.874. The molecule has 9 heteroatoms. The highest BCUT2D eigenvalue weighted by molar-refractivity contribution is 7.13. The molecule has 0 aliphatic heterocycles. The van der Waals surface area contributed by atoms with Crippen molar-refractivity contribution in [1.82, 2.24) is 10.1 Å². The van der Waals surface area contributed by atoms with E-state index in [2.05, 4.69) is 15.5 Å². The lowest BCUT2D eigenvalue weighted by Gasteiger charge is -2.04. The molecular weight excluding hydrogens is 344 g/mol. The molecule has 1 aromatic carbocycles. The highest BCUT2D eigenvalue weighted by Crippen LogP contribution is 2.21. The maximum atomic E-state index is 11.9. The van der Waals surface area contributed by atoms with Gasteiger partial charge < -0.3 is 9.84 Å². The van der Waals surface area contributed by atoms with Crippen LogP contribution in [0.5, 0.6) is 0 Å². The van der Waals surface area contributed by atoms with Crippen molar-refractivity contribution < 1.29 is 14.2 Å². The normalized spacial score (nSPS) is 10.6. The van der Waals surface area contributed by atoms with Crippen molar-refractivity contribution >= 4 is 28.6 Å². The topological polar surface area (TPSA) is 111 Å². The number of nitrogens with one attached hydrogen (secondary N) is 1. The number of amides is 1. The van der Waals surface area contributed by atoms with E-state index in [4.69, 9.17) is 4.52 Å². The zero-order valence-corrected chi connectivity index (χ0v) is 13.9. The number of non-ortho nitro benzene ring substituents is 1. The number of rotatable bonds is 7. The largest absolute Gasteiger partial charge is 0.339 e. The molecule has 0 bridgehead atoms. The van der Waals surface area contributed by atoms with E-state index in [9.17, 15) is 14.9 Å². The molecule has 3 aromatic rings. The van der Waals surface area contributed by atoms with E-state index in [1.807, 2.05) is 17.5 Å². The number of nitro benzene ring substituents is 1. The van der Waals surface area contributed by atoms with Crippen LogP contribution in [0.15, 0.2) is 46.3 Å². The minimum Gasteiger partial charge on any atom is -0.339 e. The summed E-state index contributed by atoms with van der Waals surface area (Å²) in [7, 11) is 0. The highest BCUT2D eigenvalue weighted by Gasteiger charge is 2.11. The Morgan fingerprint density at radius 2 is 2.08 bits per heavy atom. The van der Waals surface area contributed by atoms with Gasteiger partial charge in [0, 0.05) is 30.7 Å². The van der Waals surface area contributed by atoms with E-state index in [1.165, 1.54) is 35.6 Å². The Morgan fingerprint density at radius 3 is 2.76 bits per heavy atom. The molecule has 0 atom stereocenters. The Labute approximate surface area is 146 Å². The molecule has 128 valence electrons. The number of nitro groups is 1. The van der Waals surface area contributed by atoms with Gasteiger partial charge in [0.25, 0.3) is 5.69 Å². The lowest BCUT2D eigenvalue weighted by Crippen LogP contribution is -2.11. The highest BCUT2D eigenvalue weighted by atomic mass is 32.1. The van der Waals surface area contributed by atoms with Gasteiger partial charge in [-0.1, -0.05) is 11.2 Å². The molecule has 0 spiro atoms. The number of thiophene rings is 1. The van der Waals surface area contributed by atoms with Crippen LogP contribution in [0, 0.1) is 10.1 Å². The van der Waals surface area contributed by atoms with Crippen LogP contribution in [-0.4, -0.2) is 21.0 Å². The van der Waals surface area contributed by atoms with Gasteiger partial charge in [0.2, 0.25) is 17.6 Å². The van der Waals surface area contributed by atoms with Gasteiger partial charge in [0.1, 0.15) is 0 Å². The van der Waals surface area contributed by atoms with E-state index < -0.39 is 4.92 Å². The summed E-state index contributed by atoms with van der Waals surface area (Å²) < 4.78 is 5.17. The van der Waals surface area contributed by atoms with E-state index in [-0.39, 0.29) is 18.0 Å². The summed E-state index contributed by atoms with van der Waals surface area (Å²) in [5, 5.41) is 19.1. The molecule has 1 amide bonds. The zero-order valence-electron chi connectivity index (χ0n) is 13.0. The van der Waals surface area contributed by atoms with Crippen molar-refractivity contribution in [3.63, 3.8) is 0 Å². The fourth-order valence-electron chi connectivity index (χ4n) is 2.15. The average Bonchev–Trinajstić information content (AvgIpc) is 3.26. The maximum Gasteiger partial charge on any atom is 0.269 e. The molecule has 0 aliphatic carbocycles. The molecule has 3 rings (SSSR count). The Morgan fingerprint density at radius 1 is 1.28 bits per heavy atom. The second kappa shape index (κ2) is 7.67. The first-order valence-electron chi connectivity index (χ1n) is 7.52. The lowest BCUT2D eigenvalue weighted by atomic mass is 10.2. The number of carbonyl (C=O) groups excluding carboxylic acids is 1. The van der Waals surface area contributed by atoms with Crippen LogP contribution >= 0.6 is 11.3 Å². The van der Waals surface area contributed by atoms with Crippen molar-refractivity contribution in [2.24, 2.45) is 0 Å². The van der Waals surface area contributed by atoms with Gasteiger partial charge >= 0.3 is 0 Å². The van der Waals surface area contributed by atoms with E-state index in [0.29, 0.717) is 30.2 Å². The molecule has 0 saturated heterocycles. The molecule has 8 nitrogen and oxygen atoms in total. The minimum absolute atomic E-state index is 0.0177. The molecule has 0 unspecified atom stereocenters. The van der Waals surface area contributed by atoms with Crippen molar-refractivity contribution in [3.8, 4) is 10.7 Å². The van der Waals surface area contributed by atoms with Crippen LogP contribution in [0.4, 0.5) is 11.4 Å². The molecule has 2 heterocycles. The standard InChI is InChI=1S/C16H14N4O4S/c21-14(17-11-6-8-12(9-7-11)20(22)23)4-1-5-15-18-16(19-24-15)13-3-2-10-25-13/h2-3,6-10H,1,4-5H2,(H,17,21). The van der Waals surface area contributed by atoms with Crippen LogP contribution in [0.25, 0.3) is 10.7 Å². The Hall–Kier alpha value is -3.07. The van der Waals surface area contributed by atoms with Crippen LogP contribution in [0.2, 0.25) is 0 Å². The summed E-state index contributed by atoms with van der Waals surface area (Å²) >= 11 is 1.53. The first kappa shape index (κ1) is 16.8. The minimum atomic E-state index is -0.486. The number of anilines is 1. The summed E-state index contributed by atoms with van der Waals surface area (Å²) in [4.78, 5) is 27.2. The van der Waals surface area contributed by atoms with Gasteiger partial charge in [-0.3, -0.25) is 14.9 Å². The second-order valence-corrected chi connectivity index (χ2v) is 6.14. The Bertz CT molecular complexity index is 859. The van der Waals surface area contributed by atoms with Crippen molar-refractivity contribution in [3.05, 3.63) is 57.8 Å². The fourth-order valence-corrected chi connectivity index (χ4v) is 2.80. The van der Waals surface area contributed by atoms with Gasteiger partial charge in [-0.15, -0.1) is 11.3 Å². The van der Waals surface area contributed by atoms with Gasteiger partial charge in [-0.2, -0.15) is 4.98 Å². The molecule has 0 radical (unpaired) electrons. The first-order chi connectivity index (χ1) is 12.1. The second-order valence-electron chi connectivity index (χ2n) is 5.19. The third kappa shape index (κ3) is 4.48. The number of hydrogen-bond acceptors (Lipinski definition) is 7. The number of aromatic nitrogens is 2. The molecular formula is C16H14N4O4S. The summed E-state index contributed by atoms with van der Waals surface area (Å²) in [6, 6.07) is 9.53. The van der Waals surface area contributed by atoms with Crippen molar-refractivity contribution in [2.45, 2.75) is 19.3 Å². The van der Waals surface area contributed by atoms with Gasteiger partial charge in [-0.05, 0) is 30.0 Å². The average molecular weight is 358 g/mol. The van der Waals surface area contributed by atoms with Crippen LogP contribution in [-0.2, 0) is 11.2 Å². The molecule has 0 aliphatic rings. The quantitative estimate of drug-likeness (QED) is 0.509. The lowest BCUT2D eigenvalue weighted by molar-refractivity contribution is -0.384. The van der Waals surface area contributed by atoms with Crippen LogP contribution in [0.3, 0.4) is 0 Å². The third-order valence-electron chi connectivity index (χ3n) is 3.37. The molecule has 2 aromatic heterocycles. The van der Waals surface area contributed by atoms with Crippen LogP contribution < -0.4 is 5.32 Å². The van der Waals surface area contributed by atoms with Crippen LogP contribution in [0.1, 0.15) is 18.7 Å². The molecule has 1 N–H and O–H groups in total. The predicted octanol–water partition coefficient (Wildman–Crippen LogP) is 3.67. The third-order valence-corrected chi connectivity index (χ3v) is 4.23. The summed E-state index contributed by atoms with van der Waals surface area (Å²) in [6.45, 7) is 0. The Balaban J connectivity index is 1.45. The Kier molecular flexibility index (Phi) is 5.14. The predicted molar refractivity (Wildman–Crippen MR) is 92.3 cm³/mol. The van der Waals surface area contributed by atoms with Gasteiger partial charge in [0.15, 0.2) is 0 Å². The molecule has 0 fully saturated rings. The number of nitrogens with zero attached hydrogens (tertiary/aromatic N) is 3. The maximum absolute atomic E-state index is 11.9. The summed E-state index contributed by atoms with van der Waals surface area (Å²) in [6.07, 6.45) is 1.35. The van der Waals surface area contributed by atoms with E-state index in [0.717, 1.165) is 4.88 Å². The van der Waals surface area contributed by atoms with Gasteiger partial charge in [0.05, 0.1) is 9.80 Å². The summed E-state index contributed by atoms with van der Waals surface area (Å²) in [5.41, 5.74) is 0.504. The van der Waals surface area contributed by atoms with E-state index >= 15 is 0 Å². The SMILES string of the molecule is O=C(CCCc1nc(-c2cccs2)no1)Nc1ccc([N+](=O)[O-])cc1. The number of benzene rings is 1. The molecule has 25 heavy (non-hydrogen) atoms. The van der Waals surface area contributed by atoms with Crippen molar-refractivity contribution in [2.75, 3.05) is 5.32 Å². The zero-order chi connectivity index (χ0) is 17.6. The smallest absolute Gasteiger partial charge is 0.269 e. The molecule has 0 saturated carbocycles. The monoisotopic (exact) mass is 358 g/mol. The number of hydrogen-bond donors (Lipinski definition) is 1. The van der Waals surface area contributed by atoms with E-state index in [1.54, 1.807) is 0 Å². The first-order valence-corrected chi connectivity index (χ1v) is 8.40.